The quantitative estimate of drug-likeness (QED) is 0.654. The van der Waals surface area contributed by atoms with Crippen LogP contribution in [0.4, 0.5) is 5.69 Å². The Balaban J connectivity index is 1.60. The maximum absolute atomic E-state index is 12.4. The third-order valence-electron chi connectivity index (χ3n) is 3.90. The molecule has 1 heterocycles. The maximum atomic E-state index is 12.4. The number of hydrogen-bond donors (Lipinski definition) is 2. The molecule has 0 unspecified atom stereocenters. The minimum absolute atomic E-state index is 0.147. The van der Waals surface area contributed by atoms with Crippen LogP contribution in [-0.2, 0) is 27.9 Å². The second-order valence-electron chi connectivity index (χ2n) is 6.08. The lowest BCUT2D eigenvalue weighted by Crippen LogP contribution is -2.23. The number of hydrogen-bond acceptors (Lipinski definition) is 4. The highest BCUT2D eigenvalue weighted by Crippen LogP contribution is 2.15. The van der Waals surface area contributed by atoms with E-state index in [0.717, 1.165) is 11.1 Å². The third-order valence-corrected chi connectivity index (χ3v) is 5.32. The fourth-order valence-electron chi connectivity index (χ4n) is 2.54. The van der Waals surface area contributed by atoms with Gasteiger partial charge in [0.2, 0.25) is 15.9 Å². The van der Waals surface area contributed by atoms with Crippen LogP contribution in [0.15, 0.2) is 72.1 Å². The van der Waals surface area contributed by atoms with Gasteiger partial charge in [0.25, 0.3) is 0 Å². The number of rotatable bonds is 7. The van der Waals surface area contributed by atoms with Gasteiger partial charge in [0.15, 0.2) is 0 Å². The normalized spacial score (nSPS) is 11.3. The lowest BCUT2D eigenvalue weighted by atomic mass is 10.1. The Morgan fingerprint density at radius 3 is 2.30 bits per heavy atom. The molecule has 8 heteroatoms. The highest BCUT2D eigenvalue weighted by molar-refractivity contribution is 7.89. The molecule has 7 nitrogen and oxygen atoms in total. The lowest BCUT2D eigenvalue weighted by molar-refractivity contribution is -0.114. The molecule has 0 saturated heterocycles. The first-order valence-corrected chi connectivity index (χ1v) is 9.81. The van der Waals surface area contributed by atoms with Gasteiger partial charge in [0.05, 0.1) is 11.2 Å². The predicted molar refractivity (Wildman–Crippen MR) is 103 cm³/mol. The van der Waals surface area contributed by atoms with Crippen molar-refractivity contribution < 1.29 is 13.2 Å². The van der Waals surface area contributed by atoms with E-state index in [1.807, 2.05) is 35.0 Å². The van der Waals surface area contributed by atoms with Gasteiger partial charge in [0.1, 0.15) is 0 Å². The number of aromatic nitrogens is 2. The van der Waals surface area contributed by atoms with Crippen molar-refractivity contribution in [1.29, 1.82) is 0 Å². The van der Waals surface area contributed by atoms with E-state index in [-0.39, 0.29) is 17.3 Å². The molecule has 0 radical (unpaired) electrons. The summed E-state index contributed by atoms with van der Waals surface area (Å²) in [5.74, 6) is -0.208. The molecule has 2 N–H and O–H groups in total. The molecule has 27 heavy (non-hydrogen) atoms. The number of nitrogens with one attached hydrogen (secondary N) is 2. The zero-order chi connectivity index (χ0) is 19.3. The number of imidazole rings is 1. The number of amides is 1. The molecule has 0 saturated carbocycles. The van der Waals surface area contributed by atoms with Crippen molar-refractivity contribution in [3.05, 3.63) is 78.4 Å². The Hall–Kier alpha value is -2.97. The van der Waals surface area contributed by atoms with E-state index < -0.39 is 10.0 Å². The number of nitrogens with zero attached hydrogens (tertiary/aromatic N) is 2. The molecule has 3 aromatic rings. The molecule has 0 fully saturated rings. The Morgan fingerprint density at radius 2 is 1.70 bits per heavy atom. The molecular formula is C19H20N4O3S. The van der Waals surface area contributed by atoms with Crippen molar-refractivity contribution in [1.82, 2.24) is 14.3 Å². The van der Waals surface area contributed by atoms with Gasteiger partial charge in [-0.1, -0.05) is 24.3 Å². The Bertz CT molecular complexity index is 996. The van der Waals surface area contributed by atoms with Gasteiger partial charge < -0.3 is 9.88 Å². The summed E-state index contributed by atoms with van der Waals surface area (Å²) in [6, 6.07) is 13.8. The predicted octanol–water partition coefficient (Wildman–Crippen LogP) is 2.37. The number of carbonyl (C=O) groups is 1. The number of sulfonamides is 1. The molecule has 1 amide bonds. The molecule has 2 aromatic carbocycles. The smallest absolute Gasteiger partial charge is 0.240 e. The fraction of sp³-hybridized carbons (Fsp3) is 0.158. The van der Waals surface area contributed by atoms with E-state index in [4.69, 9.17) is 0 Å². The van der Waals surface area contributed by atoms with E-state index in [9.17, 15) is 13.2 Å². The van der Waals surface area contributed by atoms with Crippen LogP contribution in [0.1, 0.15) is 18.1 Å². The van der Waals surface area contributed by atoms with Crippen LogP contribution >= 0.6 is 0 Å². The number of benzene rings is 2. The summed E-state index contributed by atoms with van der Waals surface area (Å²) in [5, 5.41) is 2.60. The van der Waals surface area contributed by atoms with Crippen LogP contribution in [0.5, 0.6) is 0 Å². The van der Waals surface area contributed by atoms with Crippen molar-refractivity contribution in [2.45, 2.75) is 24.9 Å². The SMILES string of the molecule is CC(=O)Nc1ccc(S(=O)(=O)NCc2ccc(Cn3ccnc3)cc2)cc1. The molecule has 0 spiro atoms. The first kappa shape index (κ1) is 18.8. The van der Waals surface area contributed by atoms with Crippen molar-refractivity contribution in [2.24, 2.45) is 0 Å². The maximum Gasteiger partial charge on any atom is 0.240 e. The van der Waals surface area contributed by atoms with Crippen molar-refractivity contribution in [2.75, 3.05) is 5.32 Å². The van der Waals surface area contributed by atoms with Crippen LogP contribution in [0.2, 0.25) is 0 Å². The van der Waals surface area contributed by atoms with E-state index in [0.29, 0.717) is 12.2 Å². The summed E-state index contributed by atoms with van der Waals surface area (Å²) >= 11 is 0. The highest BCUT2D eigenvalue weighted by atomic mass is 32.2. The van der Waals surface area contributed by atoms with E-state index in [2.05, 4.69) is 15.0 Å². The molecule has 0 aliphatic heterocycles. The topological polar surface area (TPSA) is 93.1 Å². The van der Waals surface area contributed by atoms with E-state index >= 15 is 0 Å². The van der Waals surface area contributed by atoms with Crippen molar-refractivity contribution >= 4 is 21.6 Å². The summed E-state index contributed by atoms with van der Waals surface area (Å²) in [5.41, 5.74) is 2.52. The van der Waals surface area contributed by atoms with Gasteiger partial charge in [-0.05, 0) is 35.4 Å². The number of carbonyl (C=O) groups excluding carboxylic acids is 1. The van der Waals surface area contributed by atoms with Crippen LogP contribution in [0, 0.1) is 0 Å². The molecule has 0 aliphatic carbocycles. The molecule has 0 atom stereocenters. The van der Waals surface area contributed by atoms with Gasteiger partial charge in [-0.3, -0.25) is 4.79 Å². The highest BCUT2D eigenvalue weighted by Gasteiger charge is 2.13. The Labute approximate surface area is 158 Å². The van der Waals surface area contributed by atoms with Gasteiger partial charge in [-0.2, -0.15) is 0 Å². The largest absolute Gasteiger partial charge is 0.333 e. The van der Waals surface area contributed by atoms with Gasteiger partial charge in [-0.25, -0.2) is 18.1 Å². The standard InChI is InChI=1S/C19H20N4O3S/c1-15(24)22-18-6-8-19(9-7-18)27(25,26)21-12-16-2-4-17(5-3-16)13-23-11-10-20-14-23/h2-11,14,21H,12-13H2,1H3,(H,22,24). The molecular weight excluding hydrogens is 364 g/mol. The van der Waals surface area contributed by atoms with Crippen LogP contribution in [-0.4, -0.2) is 23.9 Å². The van der Waals surface area contributed by atoms with Crippen LogP contribution in [0.3, 0.4) is 0 Å². The Kier molecular flexibility index (Phi) is 5.68. The zero-order valence-corrected chi connectivity index (χ0v) is 15.6. The van der Waals surface area contributed by atoms with Crippen molar-refractivity contribution in [3.63, 3.8) is 0 Å². The summed E-state index contributed by atoms with van der Waals surface area (Å²) in [6.07, 6.45) is 5.37. The van der Waals surface area contributed by atoms with Gasteiger partial charge in [-0.15, -0.1) is 0 Å². The van der Waals surface area contributed by atoms with Gasteiger partial charge >= 0.3 is 0 Å². The fourth-order valence-corrected chi connectivity index (χ4v) is 3.55. The lowest BCUT2D eigenvalue weighted by Gasteiger charge is -2.09. The summed E-state index contributed by atoms with van der Waals surface area (Å²) in [6.45, 7) is 2.31. The second-order valence-corrected chi connectivity index (χ2v) is 7.85. The molecule has 1 aromatic heterocycles. The van der Waals surface area contributed by atoms with Gasteiger partial charge in [0, 0.05) is 38.1 Å². The van der Waals surface area contributed by atoms with Crippen LogP contribution in [0.25, 0.3) is 0 Å². The second kappa shape index (κ2) is 8.15. The average molecular weight is 384 g/mol. The minimum atomic E-state index is -3.63. The monoisotopic (exact) mass is 384 g/mol. The first-order valence-electron chi connectivity index (χ1n) is 8.33. The summed E-state index contributed by atoms with van der Waals surface area (Å²) < 4.78 is 29.4. The zero-order valence-electron chi connectivity index (χ0n) is 14.8. The first-order chi connectivity index (χ1) is 12.9. The third kappa shape index (κ3) is 5.25. The molecule has 0 bridgehead atoms. The molecule has 140 valence electrons. The summed E-state index contributed by atoms with van der Waals surface area (Å²) in [4.78, 5) is 15.2. The minimum Gasteiger partial charge on any atom is -0.333 e. The van der Waals surface area contributed by atoms with E-state index in [1.54, 1.807) is 24.7 Å². The molecule has 3 rings (SSSR count). The molecule has 0 aliphatic rings. The van der Waals surface area contributed by atoms with Crippen molar-refractivity contribution in [3.8, 4) is 0 Å². The average Bonchev–Trinajstić information content (AvgIpc) is 3.14. The van der Waals surface area contributed by atoms with E-state index in [1.165, 1.54) is 19.1 Å². The Morgan fingerprint density at radius 1 is 1.04 bits per heavy atom. The van der Waals surface area contributed by atoms with Crippen LogP contribution < -0.4 is 10.0 Å². The number of anilines is 1. The summed E-state index contributed by atoms with van der Waals surface area (Å²) in [7, 11) is -3.63.